The van der Waals surface area contributed by atoms with Crippen LogP contribution in [0.3, 0.4) is 0 Å². The molecule has 0 unspecified atom stereocenters. The van der Waals surface area contributed by atoms with Crippen LogP contribution in [0, 0.1) is 13.8 Å². The van der Waals surface area contributed by atoms with E-state index in [1.807, 2.05) is 32.0 Å². The minimum Gasteiger partial charge on any atom is -0.476 e. The zero-order chi connectivity index (χ0) is 20.0. The van der Waals surface area contributed by atoms with Crippen LogP contribution >= 0.6 is 11.3 Å². The maximum atomic E-state index is 11.0. The number of rotatable bonds is 8. The number of aromatic nitrogens is 1. The Labute approximate surface area is 161 Å². The fourth-order valence-corrected chi connectivity index (χ4v) is 2.90. The first kappa shape index (κ1) is 20.1. The molecule has 0 amide bonds. The Balaban J connectivity index is 2.39. The molecule has 8 heteroatoms. The molecule has 2 rings (SSSR count). The number of hydrogen-bond acceptors (Lipinski definition) is 7. The summed E-state index contributed by atoms with van der Waals surface area (Å²) in [5, 5.41) is 14.4. The van der Waals surface area contributed by atoms with Gasteiger partial charge in [0.25, 0.3) is 0 Å². The van der Waals surface area contributed by atoms with E-state index in [1.165, 1.54) is 10.9 Å². The normalized spacial score (nSPS) is 11.9. The molecule has 0 radical (unpaired) electrons. The fourth-order valence-electron chi connectivity index (χ4n) is 2.21. The monoisotopic (exact) mass is 383 g/mol. The third kappa shape index (κ3) is 5.61. The van der Waals surface area contributed by atoms with E-state index in [0.29, 0.717) is 28.7 Å². The molecule has 140 valence electrons. The second-order valence-electron chi connectivity index (χ2n) is 5.87. The number of carboxylic acid groups (broad SMARTS) is 1. The summed E-state index contributed by atoms with van der Waals surface area (Å²) in [6.07, 6.45) is 2.05. The first-order valence-corrected chi connectivity index (χ1v) is 8.88. The smallest absolute Gasteiger partial charge is 0.355 e. The van der Waals surface area contributed by atoms with Gasteiger partial charge in [-0.15, -0.1) is 11.3 Å². The van der Waals surface area contributed by atoms with Crippen molar-refractivity contribution in [1.29, 1.82) is 0 Å². The van der Waals surface area contributed by atoms with Gasteiger partial charge in [0, 0.05) is 29.9 Å². The summed E-state index contributed by atoms with van der Waals surface area (Å²) in [5.74, 6) is -1.10. The molecule has 7 nitrogen and oxygen atoms in total. The minimum absolute atomic E-state index is 0.0473. The SMILES string of the molecule is C=NNC(=C)CC(C=C(N)c1ccc(C)c(C)c1)=Nc1nc(C(=O)O)cs1. The minimum atomic E-state index is -1.10. The van der Waals surface area contributed by atoms with Crippen molar-refractivity contribution in [2.45, 2.75) is 20.3 Å². The number of hydrazone groups is 1. The average Bonchev–Trinajstić information content (AvgIpc) is 3.06. The molecule has 1 aromatic carbocycles. The van der Waals surface area contributed by atoms with Crippen molar-refractivity contribution in [2.24, 2.45) is 15.8 Å². The number of benzene rings is 1. The molecule has 0 saturated heterocycles. The Hall–Kier alpha value is -3.26. The molecule has 0 aliphatic heterocycles. The van der Waals surface area contributed by atoms with Gasteiger partial charge >= 0.3 is 5.97 Å². The topological polar surface area (TPSA) is 113 Å². The number of carbonyl (C=O) groups is 1. The van der Waals surface area contributed by atoms with Crippen molar-refractivity contribution in [3.05, 3.63) is 64.3 Å². The summed E-state index contributed by atoms with van der Waals surface area (Å²) in [6.45, 7) is 11.3. The van der Waals surface area contributed by atoms with E-state index in [-0.39, 0.29) is 5.69 Å². The molecule has 1 aromatic heterocycles. The molecule has 0 atom stereocenters. The number of hydrogen-bond donors (Lipinski definition) is 3. The van der Waals surface area contributed by atoms with E-state index in [4.69, 9.17) is 10.8 Å². The number of thiazole rings is 1. The van der Waals surface area contributed by atoms with Gasteiger partial charge < -0.3 is 10.8 Å². The van der Waals surface area contributed by atoms with Crippen LogP contribution in [0.1, 0.15) is 33.6 Å². The molecule has 27 heavy (non-hydrogen) atoms. The highest BCUT2D eigenvalue weighted by atomic mass is 32.1. The summed E-state index contributed by atoms with van der Waals surface area (Å²) in [4.78, 5) is 19.4. The molecule has 0 saturated carbocycles. The number of aryl methyl sites for hydroxylation is 2. The quantitative estimate of drug-likeness (QED) is 0.476. The highest BCUT2D eigenvalue weighted by molar-refractivity contribution is 7.13. The van der Waals surface area contributed by atoms with E-state index in [0.717, 1.165) is 22.5 Å². The Morgan fingerprint density at radius 2 is 2.15 bits per heavy atom. The Bertz CT molecular complexity index is 943. The lowest BCUT2D eigenvalue weighted by Gasteiger charge is -2.08. The number of nitrogens with two attached hydrogens (primary N) is 1. The number of allylic oxidation sites excluding steroid dienone is 2. The van der Waals surface area contributed by atoms with Gasteiger partial charge in [0.2, 0.25) is 5.13 Å². The van der Waals surface area contributed by atoms with Gasteiger partial charge in [0.05, 0.1) is 5.71 Å². The third-order valence-electron chi connectivity index (χ3n) is 3.74. The second kappa shape index (κ2) is 8.91. The van der Waals surface area contributed by atoms with Crippen LogP contribution in [0.4, 0.5) is 5.13 Å². The molecule has 0 fully saturated rings. The molecular formula is C19H21N5O2S. The third-order valence-corrected chi connectivity index (χ3v) is 4.48. The summed E-state index contributed by atoms with van der Waals surface area (Å²) in [5.41, 5.74) is 13.7. The standard InChI is InChI=1S/C19H21N5O2S/c1-11-5-6-14(7-12(11)2)16(20)9-15(8-13(3)24-21-4)22-19-23-17(10-27-19)18(25)26/h5-7,9-10,24H,3-4,8,20H2,1-2H3,(H,25,26). The van der Waals surface area contributed by atoms with Crippen LogP contribution < -0.4 is 11.2 Å². The van der Waals surface area contributed by atoms with Crippen molar-refractivity contribution in [3.63, 3.8) is 0 Å². The summed E-state index contributed by atoms with van der Waals surface area (Å²) >= 11 is 1.14. The zero-order valence-corrected chi connectivity index (χ0v) is 16.0. The number of aliphatic imine (C=N–C) groups is 1. The van der Waals surface area contributed by atoms with Gasteiger partial charge in [0.15, 0.2) is 5.69 Å². The van der Waals surface area contributed by atoms with Gasteiger partial charge in [-0.25, -0.2) is 14.8 Å². The molecule has 4 N–H and O–H groups in total. The lowest BCUT2D eigenvalue weighted by molar-refractivity contribution is 0.0691. The van der Waals surface area contributed by atoms with Crippen molar-refractivity contribution in [3.8, 4) is 0 Å². The predicted octanol–water partition coefficient (Wildman–Crippen LogP) is 3.64. The summed E-state index contributed by atoms with van der Waals surface area (Å²) in [6, 6.07) is 5.95. The molecule has 0 bridgehead atoms. The Morgan fingerprint density at radius 3 is 2.74 bits per heavy atom. The molecular weight excluding hydrogens is 362 g/mol. The molecule has 2 aromatic rings. The number of nitrogens with one attached hydrogen (secondary N) is 1. The highest BCUT2D eigenvalue weighted by Gasteiger charge is 2.10. The Morgan fingerprint density at radius 1 is 1.41 bits per heavy atom. The Kier molecular flexibility index (Phi) is 6.62. The molecule has 0 spiro atoms. The van der Waals surface area contributed by atoms with Gasteiger partial charge in [-0.2, -0.15) is 5.10 Å². The summed E-state index contributed by atoms with van der Waals surface area (Å²) in [7, 11) is 0. The van der Waals surface area contributed by atoms with E-state index in [2.05, 4.69) is 33.8 Å². The fraction of sp³-hybridized carbons (Fsp3) is 0.158. The average molecular weight is 383 g/mol. The first-order valence-electron chi connectivity index (χ1n) is 8.01. The van der Waals surface area contributed by atoms with Crippen LogP contribution in [0.2, 0.25) is 0 Å². The van der Waals surface area contributed by atoms with Crippen molar-refractivity contribution in [2.75, 3.05) is 0 Å². The molecule has 1 heterocycles. The van der Waals surface area contributed by atoms with Gasteiger partial charge in [-0.3, -0.25) is 5.43 Å². The van der Waals surface area contributed by atoms with Crippen LogP contribution in [0.25, 0.3) is 5.70 Å². The predicted molar refractivity (Wildman–Crippen MR) is 111 cm³/mol. The number of aromatic carboxylic acids is 1. The number of carboxylic acids is 1. The molecule has 0 aliphatic carbocycles. The second-order valence-corrected chi connectivity index (χ2v) is 6.71. The van der Waals surface area contributed by atoms with Crippen LogP contribution in [0.5, 0.6) is 0 Å². The zero-order valence-electron chi connectivity index (χ0n) is 15.2. The van der Waals surface area contributed by atoms with E-state index in [1.54, 1.807) is 6.08 Å². The van der Waals surface area contributed by atoms with Crippen molar-refractivity contribution >= 4 is 40.6 Å². The molecule has 0 aliphatic rings. The van der Waals surface area contributed by atoms with Gasteiger partial charge in [-0.1, -0.05) is 18.7 Å². The lowest BCUT2D eigenvalue weighted by Crippen LogP contribution is -2.09. The maximum absolute atomic E-state index is 11.0. The van der Waals surface area contributed by atoms with E-state index in [9.17, 15) is 4.79 Å². The van der Waals surface area contributed by atoms with Crippen LogP contribution in [-0.2, 0) is 0 Å². The highest BCUT2D eigenvalue weighted by Crippen LogP contribution is 2.21. The van der Waals surface area contributed by atoms with Gasteiger partial charge in [-0.05, 0) is 42.7 Å². The van der Waals surface area contributed by atoms with E-state index < -0.39 is 5.97 Å². The maximum Gasteiger partial charge on any atom is 0.355 e. The number of nitrogens with zero attached hydrogens (tertiary/aromatic N) is 3. The van der Waals surface area contributed by atoms with Crippen molar-refractivity contribution in [1.82, 2.24) is 10.4 Å². The van der Waals surface area contributed by atoms with Crippen LogP contribution in [0.15, 0.2) is 52.0 Å². The summed E-state index contributed by atoms with van der Waals surface area (Å²) < 4.78 is 0. The van der Waals surface area contributed by atoms with Crippen molar-refractivity contribution < 1.29 is 9.90 Å². The largest absolute Gasteiger partial charge is 0.476 e. The van der Waals surface area contributed by atoms with Gasteiger partial charge in [0.1, 0.15) is 0 Å². The van der Waals surface area contributed by atoms with Crippen LogP contribution in [-0.4, -0.2) is 28.5 Å². The first-order chi connectivity index (χ1) is 12.8. The lowest BCUT2D eigenvalue weighted by atomic mass is 10.0. The van der Waals surface area contributed by atoms with E-state index >= 15 is 0 Å².